The quantitative estimate of drug-likeness (QED) is 0.699. The highest BCUT2D eigenvalue weighted by Crippen LogP contribution is 2.48. The summed E-state index contributed by atoms with van der Waals surface area (Å²) in [4.78, 5) is 0. The van der Waals surface area contributed by atoms with Crippen molar-refractivity contribution in [3.63, 3.8) is 0 Å². The zero-order chi connectivity index (χ0) is 14.5. The van der Waals surface area contributed by atoms with Crippen LogP contribution in [-0.4, -0.2) is 15.4 Å². The average molecular weight is 303 g/mol. The SMILES string of the molecule is CO[Si](c1ccccc1)(C1CCCCC1)C1CCCCC1. The fourth-order valence-electron chi connectivity index (χ4n) is 5.02. The Balaban J connectivity index is 1.98. The molecular formula is C19H30OSi. The van der Waals surface area contributed by atoms with Crippen molar-refractivity contribution in [1.29, 1.82) is 0 Å². The molecule has 0 saturated heterocycles. The minimum atomic E-state index is -1.84. The van der Waals surface area contributed by atoms with Gasteiger partial charge in [0, 0.05) is 7.11 Å². The number of hydrogen-bond acceptors (Lipinski definition) is 1. The van der Waals surface area contributed by atoms with Gasteiger partial charge in [-0.3, -0.25) is 0 Å². The Morgan fingerprint density at radius 1 is 0.762 bits per heavy atom. The molecule has 2 aliphatic rings. The van der Waals surface area contributed by atoms with E-state index in [2.05, 4.69) is 30.3 Å². The third-order valence-electron chi connectivity index (χ3n) is 5.99. The van der Waals surface area contributed by atoms with E-state index in [4.69, 9.17) is 4.43 Å². The molecule has 0 bridgehead atoms. The van der Waals surface area contributed by atoms with Crippen molar-refractivity contribution in [3.8, 4) is 0 Å². The summed E-state index contributed by atoms with van der Waals surface area (Å²) in [6.07, 6.45) is 14.2. The van der Waals surface area contributed by atoms with Crippen LogP contribution in [0, 0.1) is 0 Å². The van der Waals surface area contributed by atoms with Gasteiger partial charge in [0.25, 0.3) is 0 Å². The van der Waals surface area contributed by atoms with E-state index in [1.165, 1.54) is 64.2 Å². The first-order chi connectivity index (χ1) is 10.4. The van der Waals surface area contributed by atoms with Gasteiger partial charge >= 0.3 is 0 Å². The molecule has 116 valence electrons. The summed E-state index contributed by atoms with van der Waals surface area (Å²) in [5.74, 6) is 0. The summed E-state index contributed by atoms with van der Waals surface area (Å²) in [5, 5.41) is 1.58. The van der Waals surface area contributed by atoms with Crippen LogP contribution in [-0.2, 0) is 4.43 Å². The Morgan fingerprint density at radius 3 is 1.67 bits per heavy atom. The van der Waals surface area contributed by atoms with E-state index in [0.717, 1.165) is 11.1 Å². The molecule has 0 spiro atoms. The van der Waals surface area contributed by atoms with E-state index >= 15 is 0 Å². The van der Waals surface area contributed by atoms with Gasteiger partial charge in [-0.05, 0) is 16.3 Å². The molecule has 0 aromatic heterocycles. The van der Waals surface area contributed by atoms with Crippen molar-refractivity contribution in [2.45, 2.75) is 75.3 Å². The molecule has 1 aromatic rings. The van der Waals surface area contributed by atoms with Crippen LogP contribution in [0.4, 0.5) is 0 Å². The predicted molar refractivity (Wildman–Crippen MR) is 92.5 cm³/mol. The average Bonchev–Trinajstić information content (AvgIpc) is 2.59. The first kappa shape index (κ1) is 15.3. The van der Waals surface area contributed by atoms with Gasteiger partial charge in [0.15, 0.2) is 0 Å². The molecule has 0 heterocycles. The molecule has 1 aromatic carbocycles. The van der Waals surface area contributed by atoms with Crippen LogP contribution < -0.4 is 5.19 Å². The maximum atomic E-state index is 6.54. The van der Waals surface area contributed by atoms with Gasteiger partial charge in [-0.15, -0.1) is 0 Å². The second-order valence-corrected chi connectivity index (χ2v) is 11.2. The topological polar surface area (TPSA) is 9.23 Å². The molecule has 3 rings (SSSR count). The predicted octanol–water partition coefficient (Wildman–Crippen LogP) is 5.15. The standard InChI is InChI=1S/C19H30OSi/c1-20-21(17-11-5-2-6-12-17,18-13-7-3-8-14-18)19-15-9-4-10-16-19/h2,5-6,11-12,18-19H,3-4,7-10,13-16H2,1H3. The van der Waals surface area contributed by atoms with Gasteiger partial charge in [0.1, 0.15) is 0 Å². The fourth-order valence-corrected chi connectivity index (χ4v) is 10.8. The van der Waals surface area contributed by atoms with Crippen LogP contribution in [0.1, 0.15) is 64.2 Å². The lowest BCUT2D eigenvalue weighted by Crippen LogP contribution is -2.58. The maximum absolute atomic E-state index is 6.54. The third kappa shape index (κ3) is 2.98. The van der Waals surface area contributed by atoms with Crippen molar-refractivity contribution < 1.29 is 4.43 Å². The van der Waals surface area contributed by atoms with Crippen molar-refractivity contribution in [2.75, 3.05) is 7.11 Å². The lowest BCUT2D eigenvalue weighted by molar-refractivity contribution is 0.330. The lowest BCUT2D eigenvalue weighted by Gasteiger charge is -2.46. The smallest absolute Gasteiger partial charge is 0.229 e. The Bertz CT molecular complexity index is 400. The normalized spacial score (nSPS) is 22.3. The molecule has 2 heteroatoms. The molecule has 0 N–H and O–H groups in total. The Labute approximate surface area is 131 Å². The van der Waals surface area contributed by atoms with E-state index in [1.54, 1.807) is 5.19 Å². The molecule has 0 amide bonds. The molecule has 2 fully saturated rings. The number of rotatable bonds is 4. The van der Waals surface area contributed by atoms with Crippen molar-refractivity contribution >= 4 is 13.5 Å². The summed E-state index contributed by atoms with van der Waals surface area (Å²) in [6, 6.07) is 11.3. The Kier molecular flexibility index (Phi) is 5.18. The third-order valence-corrected chi connectivity index (χ3v) is 11.5. The molecule has 0 radical (unpaired) electrons. The summed E-state index contributed by atoms with van der Waals surface area (Å²) in [6.45, 7) is 0. The van der Waals surface area contributed by atoms with Crippen LogP contribution in [0.25, 0.3) is 0 Å². The zero-order valence-corrected chi connectivity index (χ0v) is 14.5. The fraction of sp³-hybridized carbons (Fsp3) is 0.684. The summed E-state index contributed by atoms with van der Waals surface area (Å²) < 4.78 is 6.54. The van der Waals surface area contributed by atoms with Crippen LogP contribution in [0.2, 0.25) is 11.1 Å². The molecule has 0 unspecified atom stereocenters. The van der Waals surface area contributed by atoms with Gasteiger partial charge in [-0.1, -0.05) is 94.5 Å². The minimum absolute atomic E-state index is 0.849. The van der Waals surface area contributed by atoms with Gasteiger partial charge in [-0.2, -0.15) is 0 Å². The number of benzene rings is 1. The van der Waals surface area contributed by atoms with Crippen LogP contribution >= 0.6 is 0 Å². The molecule has 21 heavy (non-hydrogen) atoms. The largest absolute Gasteiger partial charge is 0.415 e. The maximum Gasteiger partial charge on any atom is 0.229 e. The van der Waals surface area contributed by atoms with Crippen molar-refractivity contribution in [3.05, 3.63) is 30.3 Å². The van der Waals surface area contributed by atoms with Crippen LogP contribution in [0.3, 0.4) is 0 Å². The Morgan fingerprint density at radius 2 is 1.24 bits per heavy atom. The minimum Gasteiger partial charge on any atom is -0.415 e. The van der Waals surface area contributed by atoms with E-state index in [1.807, 2.05) is 7.11 Å². The van der Waals surface area contributed by atoms with Crippen LogP contribution in [0.5, 0.6) is 0 Å². The molecule has 0 aliphatic heterocycles. The number of hydrogen-bond donors (Lipinski definition) is 0. The molecule has 0 atom stereocenters. The van der Waals surface area contributed by atoms with E-state index in [-0.39, 0.29) is 0 Å². The summed E-state index contributed by atoms with van der Waals surface area (Å²) >= 11 is 0. The monoisotopic (exact) mass is 302 g/mol. The van der Waals surface area contributed by atoms with E-state index in [9.17, 15) is 0 Å². The molecule has 1 nitrogen and oxygen atoms in total. The highest BCUT2D eigenvalue weighted by molar-refractivity contribution is 6.89. The summed E-state index contributed by atoms with van der Waals surface area (Å²) in [5.41, 5.74) is 1.70. The van der Waals surface area contributed by atoms with Gasteiger partial charge in [0.05, 0.1) is 0 Å². The van der Waals surface area contributed by atoms with E-state index < -0.39 is 8.32 Å². The van der Waals surface area contributed by atoms with Crippen molar-refractivity contribution in [1.82, 2.24) is 0 Å². The Hall–Kier alpha value is -0.603. The zero-order valence-electron chi connectivity index (χ0n) is 13.5. The molecule has 2 aliphatic carbocycles. The van der Waals surface area contributed by atoms with Gasteiger partial charge < -0.3 is 4.43 Å². The highest BCUT2D eigenvalue weighted by atomic mass is 28.4. The first-order valence-electron chi connectivity index (χ1n) is 8.98. The lowest BCUT2D eigenvalue weighted by atomic mass is 9.99. The van der Waals surface area contributed by atoms with Crippen LogP contribution in [0.15, 0.2) is 30.3 Å². The highest BCUT2D eigenvalue weighted by Gasteiger charge is 2.50. The molecular weight excluding hydrogens is 272 g/mol. The summed E-state index contributed by atoms with van der Waals surface area (Å²) in [7, 11) is 0.186. The van der Waals surface area contributed by atoms with Gasteiger partial charge in [0.2, 0.25) is 8.32 Å². The van der Waals surface area contributed by atoms with Gasteiger partial charge in [-0.25, -0.2) is 0 Å². The molecule has 2 saturated carbocycles. The first-order valence-corrected chi connectivity index (χ1v) is 11.0. The van der Waals surface area contributed by atoms with Crippen molar-refractivity contribution in [2.24, 2.45) is 0 Å². The second-order valence-electron chi connectivity index (χ2n) is 7.03. The van der Waals surface area contributed by atoms with E-state index in [0.29, 0.717) is 0 Å². The second kappa shape index (κ2) is 7.10.